The van der Waals surface area contributed by atoms with E-state index in [0.717, 1.165) is 0 Å². The monoisotopic (exact) mass is 263 g/mol. The fourth-order valence-electron chi connectivity index (χ4n) is 2.64. The van der Waals surface area contributed by atoms with Crippen LogP contribution in [0.2, 0.25) is 0 Å². The molecule has 1 N–H and O–H groups in total. The number of nitrogens with one attached hydrogen (secondary N) is 1. The van der Waals surface area contributed by atoms with E-state index in [9.17, 15) is 0 Å². The largest absolute Gasteiger partial charge is 0.358 e. The normalized spacial score (nSPS) is 15.6. The maximum absolute atomic E-state index is 3.59. The lowest BCUT2D eigenvalue weighted by Gasteiger charge is -2.10. The standard InChI is InChI=1S/C13H14BrN/c1-8-6-9(14)7-11-10-4-2-3-5-12(10)15-13(8)11/h6-7,15H,2-5H2,1H3. The van der Waals surface area contributed by atoms with Gasteiger partial charge >= 0.3 is 0 Å². The number of fused-ring (bicyclic) bond motifs is 3. The summed E-state index contributed by atoms with van der Waals surface area (Å²) in [5.41, 5.74) is 5.71. The summed E-state index contributed by atoms with van der Waals surface area (Å²) in [5, 5.41) is 1.43. The number of hydrogen-bond donors (Lipinski definition) is 1. The van der Waals surface area contributed by atoms with Crippen LogP contribution in [0.1, 0.15) is 29.7 Å². The maximum atomic E-state index is 3.59. The van der Waals surface area contributed by atoms with Crippen LogP contribution < -0.4 is 0 Å². The van der Waals surface area contributed by atoms with Gasteiger partial charge in [-0.3, -0.25) is 0 Å². The van der Waals surface area contributed by atoms with Crippen molar-refractivity contribution in [2.24, 2.45) is 0 Å². The fourth-order valence-corrected chi connectivity index (χ4v) is 3.21. The molecule has 0 radical (unpaired) electrons. The molecule has 15 heavy (non-hydrogen) atoms. The van der Waals surface area contributed by atoms with E-state index in [1.165, 1.54) is 52.3 Å². The lowest BCUT2D eigenvalue weighted by atomic mass is 9.95. The van der Waals surface area contributed by atoms with Crippen LogP contribution in [0.5, 0.6) is 0 Å². The maximum Gasteiger partial charge on any atom is 0.0489 e. The van der Waals surface area contributed by atoms with Gasteiger partial charge in [0.05, 0.1) is 0 Å². The second-order valence-electron chi connectivity index (χ2n) is 4.43. The Balaban J connectivity index is 2.37. The van der Waals surface area contributed by atoms with Crippen molar-refractivity contribution < 1.29 is 0 Å². The molecule has 0 saturated carbocycles. The minimum atomic E-state index is 1.19. The van der Waals surface area contributed by atoms with Crippen LogP contribution in [0.3, 0.4) is 0 Å². The second kappa shape index (κ2) is 3.38. The summed E-state index contributed by atoms with van der Waals surface area (Å²) in [6.07, 6.45) is 5.14. The number of halogens is 1. The first-order valence-corrected chi connectivity index (χ1v) is 6.34. The van der Waals surface area contributed by atoms with Crippen LogP contribution in [0, 0.1) is 6.92 Å². The van der Waals surface area contributed by atoms with Crippen LogP contribution in [-0.4, -0.2) is 4.98 Å². The highest BCUT2D eigenvalue weighted by Gasteiger charge is 2.16. The Morgan fingerprint density at radius 3 is 2.87 bits per heavy atom. The first kappa shape index (κ1) is 9.46. The van der Waals surface area contributed by atoms with Crippen molar-refractivity contribution in [2.75, 3.05) is 0 Å². The Morgan fingerprint density at radius 2 is 2.00 bits per heavy atom. The molecule has 0 saturated heterocycles. The van der Waals surface area contributed by atoms with E-state index in [1.54, 1.807) is 5.56 Å². The van der Waals surface area contributed by atoms with Crippen LogP contribution in [-0.2, 0) is 12.8 Å². The van der Waals surface area contributed by atoms with E-state index in [4.69, 9.17) is 0 Å². The molecule has 1 aliphatic rings. The third kappa shape index (κ3) is 1.43. The molecule has 0 atom stereocenters. The molecule has 2 aromatic rings. The quantitative estimate of drug-likeness (QED) is 0.736. The molecule has 0 fully saturated rings. The average Bonchev–Trinajstić information content (AvgIpc) is 2.57. The Morgan fingerprint density at radius 1 is 1.20 bits per heavy atom. The van der Waals surface area contributed by atoms with Crippen molar-refractivity contribution in [3.05, 3.63) is 33.4 Å². The number of benzene rings is 1. The molecule has 3 rings (SSSR count). The smallest absolute Gasteiger partial charge is 0.0489 e. The highest BCUT2D eigenvalue weighted by molar-refractivity contribution is 9.10. The summed E-state index contributed by atoms with van der Waals surface area (Å²) in [6, 6.07) is 4.44. The molecular weight excluding hydrogens is 250 g/mol. The van der Waals surface area contributed by atoms with E-state index in [1.807, 2.05) is 0 Å². The predicted molar refractivity (Wildman–Crippen MR) is 67.4 cm³/mol. The van der Waals surface area contributed by atoms with Gasteiger partial charge in [-0.05, 0) is 55.9 Å². The molecule has 0 aliphatic heterocycles. The Hall–Kier alpha value is -0.760. The fraction of sp³-hybridized carbons (Fsp3) is 0.385. The molecule has 0 unspecified atom stereocenters. The summed E-state index contributed by atoms with van der Waals surface area (Å²) in [5.74, 6) is 0. The van der Waals surface area contributed by atoms with Crippen molar-refractivity contribution >= 4 is 26.8 Å². The first-order chi connectivity index (χ1) is 7.25. The van der Waals surface area contributed by atoms with Gasteiger partial charge in [-0.1, -0.05) is 15.9 Å². The molecule has 78 valence electrons. The van der Waals surface area contributed by atoms with Crippen molar-refractivity contribution in [3.63, 3.8) is 0 Å². The zero-order valence-corrected chi connectivity index (χ0v) is 10.4. The van der Waals surface area contributed by atoms with Crippen molar-refractivity contribution in [1.82, 2.24) is 4.98 Å². The summed E-state index contributed by atoms with van der Waals surface area (Å²) in [6.45, 7) is 2.18. The van der Waals surface area contributed by atoms with Gasteiger partial charge in [0.1, 0.15) is 0 Å². The average molecular weight is 264 g/mol. The third-order valence-corrected chi connectivity index (χ3v) is 3.83. The number of hydrogen-bond acceptors (Lipinski definition) is 0. The molecule has 1 aromatic carbocycles. The molecule has 0 amide bonds. The zero-order valence-electron chi connectivity index (χ0n) is 8.86. The number of H-pyrrole nitrogens is 1. The summed E-state index contributed by atoms with van der Waals surface area (Å²) in [4.78, 5) is 3.59. The first-order valence-electron chi connectivity index (χ1n) is 5.55. The van der Waals surface area contributed by atoms with E-state index >= 15 is 0 Å². The summed E-state index contributed by atoms with van der Waals surface area (Å²) in [7, 11) is 0. The zero-order chi connectivity index (χ0) is 10.4. The van der Waals surface area contributed by atoms with Gasteiger partial charge < -0.3 is 4.98 Å². The topological polar surface area (TPSA) is 15.8 Å². The molecule has 1 heterocycles. The van der Waals surface area contributed by atoms with Gasteiger partial charge in [0.15, 0.2) is 0 Å². The predicted octanol–water partition coefficient (Wildman–Crippen LogP) is 4.12. The molecular formula is C13H14BrN. The van der Waals surface area contributed by atoms with Crippen LogP contribution >= 0.6 is 15.9 Å². The van der Waals surface area contributed by atoms with Gasteiger partial charge in [-0.25, -0.2) is 0 Å². The minimum Gasteiger partial charge on any atom is -0.358 e. The SMILES string of the molecule is Cc1cc(Br)cc2c3c([nH]c12)CCCC3. The van der Waals surface area contributed by atoms with E-state index < -0.39 is 0 Å². The summed E-state index contributed by atoms with van der Waals surface area (Å²) < 4.78 is 1.19. The van der Waals surface area contributed by atoms with Gasteiger partial charge in [-0.2, -0.15) is 0 Å². The number of aromatic nitrogens is 1. The summed E-state index contributed by atoms with van der Waals surface area (Å²) >= 11 is 3.58. The highest BCUT2D eigenvalue weighted by atomic mass is 79.9. The Labute approximate surface area is 98.0 Å². The second-order valence-corrected chi connectivity index (χ2v) is 5.35. The molecule has 2 heteroatoms. The van der Waals surface area contributed by atoms with Gasteiger partial charge in [0.2, 0.25) is 0 Å². The Bertz CT molecular complexity index is 525. The van der Waals surface area contributed by atoms with E-state index in [2.05, 4.69) is 40.0 Å². The molecule has 0 spiro atoms. The van der Waals surface area contributed by atoms with Crippen LogP contribution in [0.25, 0.3) is 10.9 Å². The van der Waals surface area contributed by atoms with Gasteiger partial charge in [-0.15, -0.1) is 0 Å². The van der Waals surface area contributed by atoms with Gasteiger partial charge in [0, 0.05) is 21.1 Å². The van der Waals surface area contributed by atoms with Crippen molar-refractivity contribution in [3.8, 4) is 0 Å². The minimum absolute atomic E-state index is 1.19. The van der Waals surface area contributed by atoms with Crippen LogP contribution in [0.4, 0.5) is 0 Å². The third-order valence-electron chi connectivity index (χ3n) is 3.37. The van der Waals surface area contributed by atoms with E-state index in [0.29, 0.717) is 0 Å². The molecule has 1 aliphatic carbocycles. The van der Waals surface area contributed by atoms with Crippen molar-refractivity contribution in [1.29, 1.82) is 0 Å². The van der Waals surface area contributed by atoms with Crippen molar-refractivity contribution in [2.45, 2.75) is 32.6 Å². The van der Waals surface area contributed by atoms with E-state index in [-0.39, 0.29) is 0 Å². The molecule has 1 aromatic heterocycles. The number of aryl methyl sites for hydroxylation is 3. The highest BCUT2D eigenvalue weighted by Crippen LogP contribution is 2.32. The number of rotatable bonds is 0. The molecule has 0 bridgehead atoms. The van der Waals surface area contributed by atoms with Crippen LogP contribution in [0.15, 0.2) is 16.6 Å². The molecule has 1 nitrogen and oxygen atoms in total. The number of aromatic amines is 1. The lowest BCUT2D eigenvalue weighted by Crippen LogP contribution is -1.99. The Kier molecular flexibility index (Phi) is 2.13. The lowest BCUT2D eigenvalue weighted by molar-refractivity contribution is 0.680. The van der Waals surface area contributed by atoms with Gasteiger partial charge in [0.25, 0.3) is 0 Å².